The van der Waals surface area contributed by atoms with Crippen LogP contribution in [-0.2, 0) is 4.79 Å². The molecule has 130 valence electrons. The first-order chi connectivity index (χ1) is 12.0. The summed E-state index contributed by atoms with van der Waals surface area (Å²) in [6.07, 6.45) is 1.53. The zero-order chi connectivity index (χ0) is 17.8. The van der Waals surface area contributed by atoms with E-state index in [0.29, 0.717) is 48.5 Å². The largest absolute Gasteiger partial charge is 0.339 e. The number of anilines is 2. The SMILES string of the molecule is CC(=O)N1CCN(C(=O)c2ccnc(Nc3ccccc3Cl)n2)CC1. The lowest BCUT2D eigenvalue weighted by atomic mass is 10.2. The van der Waals surface area contributed by atoms with E-state index in [1.54, 1.807) is 28.0 Å². The molecule has 2 amide bonds. The first-order valence-corrected chi connectivity index (χ1v) is 8.32. The number of hydrogen-bond donors (Lipinski definition) is 1. The summed E-state index contributed by atoms with van der Waals surface area (Å²) in [5.74, 6) is 0.162. The summed E-state index contributed by atoms with van der Waals surface area (Å²) in [4.78, 5) is 35.8. The van der Waals surface area contributed by atoms with E-state index in [2.05, 4.69) is 15.3 Å². The van der Waals surface area contributed by atoms with E-state index >= 15 is 0 Å². The van der Waals surface area contributed by atoms with E-state index < -0.39 is 0 Å². The molecule has 0 aliphatic carbocycles. The summed E-state index contributed by atoms with van der Waals surface area (Å²) in [5.41, 5.74) is 0.977. The number of hydrogen-bond acceptors (Lipinski definition) is 5. The lowest BCUT2D eigenvalue weighted by molar-refractivity contribution is -0.130. The second-order valence-corrected chi connectivity index (χ2v) is 6.08. The second-order valence-electron chi connectivity index (χ2n) is 5.67. The Labute approximate surface area is 150 Å². The van der Waals surface area contributed by atoms with Gasteiger partial charge in [0.05, 0.1) is 10.7 Å². The molecule has 1 fully saturated rings. The molecule has 2 heterocycles. The topological polar surface area (TPSA) is 78.4 Å². The monoisotopic (exact) mass is 359 g/mol. The third kappa shape index (κ3) is 4.06. The molecule has 1 N–H and O–H groups in total. The average molecular weight is 360 g/mol. The standard InChI is InChI=1S/C17H18ClN5O2/c1-12(24)22-8-10-23(11-9-22)16(25)15-6-7-19-17(21-15)20-14-5-3-2-4-13(14)18/h2-7H,8-11H2,1H3,(H,19,20,21). The molecule has 0 radical (unpaired) electrons. The first-order valence-electron chi connectivity index (χ1n) is 7.94. The fourth-order valence-electron chi connectivity index (χ4n) is 2.61. The molecule has 0 spiro atoms. The van der Waals surface area contributed by atoms with Gasteiger partial charge in [0, 0.05) is 39.3 Å². The highest BCUT2D eigenvalue weighted by atomic mass is 35.5. The number of piperazine rings is 1. The van der Waals surface area contributed by atoms with E-state index in [0.717, 1.165) is 0 Å². The van der Waals surface area contributed by atoms with Gasteiger partial charge < -0.3 is 15.1 Å². The predicted octanol–water partition coefficient (Wildman–Crippen LogP) is 2.18. The molecule has 7 nitrogen and oxygen atoms in total. The zero-order valence-electron chi connectivity index (χ0n) is 13.8. The van der Waals surface area contributed by atoms with Gasteiger partial charge in [0.25, 0.3) is 5.91 Å². The van der Waals surface area contributed by atoms with E-state index in [1.165, 1.54) is 13.1 Å². The van der Waals surface area contributed by atoms with Crippen LogP contribution in [0.2, 0.25) is 5.02 Å². The maximum absolute atomic E-state index is 12.6. The number of para-hydroxylation sites is 1. The summed E-state index contributed by atoms with van der Waals surface area (Å²) in [6, 6.07) is 8.82. The minimum absolute atomic E-state index is 0.0281. The molecule has 8 heteroatoms. The van der Waals surface area contributed by atoms with Gasteiger partial charge in [0.15, 0.2) is 0 Å². The van der Waals surface area contributed by atoms with Crippen LogP contribution in [0.5, 0.6) is 0 Å². The summed E-state index contributed by atoms with van der Waals surface area (Å²) < 4.78 is 0. The van der Waals surface area contributed by atoms with Crippen molar-refractivity contribution in [1.82, 2.24) is 19.8 Å². The maximum atomic E-state index is 12.6. The Hall–Kier alpha value is -2.67. The van der Waals surface area contributed by atoms with Crippen LogP contribution in [0.1, 0.15) is 17.4 Å². The molecule has 3 rings (SSSR count). The lowest BCUT2D eigenvalue weighted by Crippen LogP contribution is -2.50. The fraction of sp³-hybridized carbons (Fsp3) is 0.294. The molecular formula is C17H18ClN5O2. The van der Waals surface area contributed by atoms with E-state index in [1.807, 2.05) is 12.1 Å². The Bertz CT molecular complexity index is 790. The van der Waals surface area contributed by atoms with Gasteiger partial charge in [-0.25, -0.2) is 9.97 Å². The third-order valence-corrected chi connectivity index (χ3v) is 4.34. The van der Waals surface area contributed by atoms with Gasteiger partial charge in [-0.05, 0) is 18.2 Å². The van der Waals surface area contributed by atoms with Crippen molar-refractivity contribution in [3.63, 3.8) is 0 Å². The van der Waals surface area contributed by atoms with Crippen LogP contribution in [0.4, 0.5) is 11.6 Å². The molecule has 25 heavy (non-hydrogen) atoms. The van der Waals surface area contributed by atoms with E-state index in [4.69, 9.17) is 11.6 Å². The number of nitrogens with one attached hydrogen (secondary N) is 1. The molecule has 1 aliphatic rings. The lowest BCUT2D eigenvalue weighted by Gasteiger charge is -2.34. The van der Waals surface area contributed by atoms with Gasteiger partial charge in [-0.15, -0.1) is 0 Å². The number of carbonyl (C=O) groups excluding carboxylic acids is 2. The van der Waals surface area contributed by atoms with Crippen molar-refractivity contribution in [2.45, 2.75) is 6.92 Å². The van der Waals surface area contributed by atoms with E-state index in [-0.39, 0.29) is 11.8 Å². The number of aromatic nitrogens is 2. The molecule has 2 aromatic rings. The van der Waals surface area contributed by atoms with Crippen molar-refractivity contribution in [3.05, 3.63) is 47.2 Å². The number of carbonyl (C=O) groups is 2. The first kappa shape index (κ1) is 17.2. The third-order valence-electron chi connectivity index (χ3n) is 4.01. The quantitative estimate of drug-likeness (QED) is 0.908. The molecule has 1 aliphatic heterocycles. The number of benzene rings is 1. The summed E-state index contributed by atoms with van der Waals surface area (Å²) in [7, 11) is 0. The molecule has 0 unspecified atom stereocenters. The normalized spacial score (nSPS) is 14.3. The van der Waals surface area contributed by atoms with Crippen LogP contribution in [0.15, 0.2) is 36.5 Å². The number of rotatable bonds is 3. The molecule has 0 atom stereocenters. The second kappa shape index (κ2) is 7.48. The molecular weight excluding hydrogens is 342 g/mol. The van der Waals surface area contributed by atoms with Gasteiger partial charge in [0.2, 0.25) is 11.9 Å². The number of amides is 2. The summed E-state index contributed by atoms with van der Waals surface area (Å²) >= 11 is 6.11. The van der Waals surface area contributed by atoms with Crippen molar-refractivity contribution < 1.29 is 9.59 Å². The van der Waals surface area contributed by atoms with Gasteiger partial charge in [-0.2, -0.15) is 0 Å². The highest BCUT2D eigenvalue weighted by Gasteiger charge is 2.24. The Balaban J connectivity index is 1.70. The van der Waals surface area contributed by atoms with Crippen LogP contribution in [0, 0.1) is 0 Å². The number of nitrogens with zero attached hydrogens (tertiary/aromatic N) is 4. The van der Waals surface area contributed by atoms with Gasteiger partial charge in [-0.3, -0.25) is 9.59 Å². The van der Waals surface area contributed by atoms with Crippen LogP contribution < -0.4 is 5.32 Å². The Morgan fingerprint density at radius 1 is 1.08 bits per heavy atom. The van der Waals surface area contributed by atoms with Crippen LogP contribution in [0.3, 0.4) is 0 Å². The molecule has 1 saturated heterocycles. The summed E-state index contributed by atoms with van der Waals surface area (Å²) in [5, 5.41) is 3.56. The molecule has 0 bridgehead atoms. The van der Waals surface area contributed by atoms with Gasteiger partial charge in [0.1, 0.15) is 5.69 Å². The Kier molecular flexibility index (Phi) is 5.14. The molecule has 1 aromatic carbocycles. The Morgan fingerprint density at radius 3 is 2.44 bits per heavy atom. The minimum atomic E-state index is -0.173. The van der Waals surface area contributed by atoms with Crippen molar-refractivity contribution >= 4 is 35.1 Å². The smallest absolute Gasteiger partial charge is 0.272 e. The molecule has 0 saturated carbocycles. The van der Waals surface area contributed by atoms with Crippen LogP contribution in [-0.4, -0.2) is 57.8 Å². The fourth-order valence-corrected chi connectivity index (χ4v) is 2.79. The Morgan fingerprint density at radius 2 is 1.76 bits per heavy atom. The highest BCUT2D eigenvalue weighted by molar-refractivity contribution is 6.33. The van der Waals surface area contributed by atoms with Crippen molar-refractivity contribution in [2.75, 3.05) is 31.5 Å². The molecule has 1 aromatic heterocycles. The van der Waals surface area contributed by atoms with Crippen LogP contribution >= 0.6 is 11.6 Å². The van der Waals surface area contributed by atoms with Gasteiger partial charge in [-0.1, -0.05) is 23.7 Å². The van der Waals surface area contributed by atoms with Crippen LogP contribution in [0.25, 0.3) is 0 Å². The highest BCUT2D eigenvalue weighted by Crippen LogP contribution is 2.23. The van der Waals surface area contributed by atoms with E-state index in [9.17, 15) is 9.59 Å². The van der Waals surface area contributed by atoms with Gasteiger partial charge >= 0.3 is 0 Å². The zero-order valence-corrected chi connectivity index (χ0v) is 14.5. The minimum Gasteiger partial charge on any atom is -0.339 e. The average Bonchev–Trinajstić information content (AvgIpc) is 2.63. The van der Waals surface area contributed by atoms with Crippen molar-refractivity contribution in [2.24, 2.45) is 0 Å². The summed E-state index contributed by atoms with van der Waals surface area (Å²) in [6.45, 7) is 3.60. The predicted molar refractivity (Wildman–Crippen MR) is 94.9 cm³/mol. The van der Waals surface area contributed by atoms with Crippen molar-refractivity contribution in [3.8, 4) is 0 Å². The number of halogens is 1. The maximum Gasteiger partial charge on any atom is 0.272 e. The van der Waals surface area contributed by atoms with Crippen molar-refractivity contribution in [1.29, 1.82) is 0 Å².